The minimum absolute atomic E-state index is 0.744. The average Bonchev–Trinajstić information content (AvgIpc) is 2.13. The van der Waals surface area contributed by atoms with Crippen molar-refractivity contribution >= 4 is 0 Å². The number of rotatable bonds is 2. The molecule has 0 spiro atoms. The summed E-state index contributed by atoms with van der Waals surface area (Å²) in [5.74, 6) is 0. The summed E-state index contributed by atoms with van der Waals surface area (Å²) >= 11 is 0. The number of hydrogen-bond donors (Lipinski definition) is 1. The fourth-order valence-electron chi connectivity index (χ4n) is 1.50. The van der Waals surface area contributed by atoms with Crippen molar-refractivity contribution < 1.29 is 0 Å². The molecule has 1 aliphatic heterocycles. The van der Waals surface area contributed by atoms with Gasteiger partial charge < -0.3 is 5.32 Å². The van der Waals surface area contributed by atoms with Crippen LogP contribution in [0.15, 0.2) is 0 Å². The van der Waals surface area contributed by atoms with Gasteiger partial charge in [-0.1, -0.05) is 20.8 Å². The quantitative estimate of drug-likeness (QED) is 0.682. The van der Waals surface area contributed by atoms with Crippen molar-refractivity contribution in [2.45, 2.75) is 40.2 Å². The second kappa shape index (κ2) is 7.56. The van der Waals surface area contributed by atoms with Crippen LogP contribution in [0.3, 0.4) is 0 Å². The third-order valence-corrected chi connectivity index (χ3v) is 2.15. The van der Waals surface area contributed by atoms with Crippen molar-refractivity contribution in [1.29, 1.82) is 0 Å². The maximum Gasteiger partial charge on any atom is 0.0192 e. The van der Waals surface area contributed by atoms with Gasteiger partial charge in [0.1, 0.15) is 0 Å². The molecule has 0 bridgehead atoms. The lowest BCUT2D eigenvalue weighted by Gasteiger charge is -2.33. The zero-order valence-electron chi connectivity index (χ0n) is 9.06. The van der Waals surface area contributed by atoms with Crippen LogP contribution in [0, 0.1) is 0 Å². The normalized spacial score (nSPS) is 24.5. The smallest absolute Gasteiger partial charge is 0.0192 e. The maximum atomic E-state index is 3.38. The molecule has 2 heteroatoms. The molecule has 1 rings (SSSR count). The third-order valence-electron chi connectivity index (χ3n) is 2.15. The van der Waals surface area contributed by atoms with Crippen LogP contribution in [-0.2, 0) is 0 Å². The van der Waals surface area contributed by atoms with E-state index in [4.69, 9.17) is 0 Å². The third kappa shape index (κ3) is 4.07. The summed E-state index contributed by atoms with van der Waals surface area (Å²) in [6.07, 6.45) is 1.28. The van der Waals surface area contributed by atoms with Gasteiger partial charge in [-0.05, 0) is 19.9 Å². The summed E-state index contributed by atoms with van der Waals surface area (Å²) < 4.78 is 0. The van der Waals surface area contributed by atoms with Gasteiger partial charge in [-0.25, -0.2) is 0 Å². The Bertz CT molecular complexity index is 91.8. The number of hydrogen-bond acceptors (Lipinski definition) is 2. The molecular formula is C10H24N2. The van der Waals surface area contributed by atoms with E-state index in [2.05, 4.69) is 24.1 Å². The fourth-order valence-corrected chi connectivity index (χ4v) is 1.50. The summed E-state index contributed by atoms with van der Waals surface area (Å²) in [5.41, 5.74) is 0. The first-order valence-corrected chi connectivity index (χ1v) is 5.29. The van der Waals surface area contributed by atoms with Gasteiger partial charge >= 0.3 is 0 Å². The van der Waals surface area contributed by atoms with Crippen molar-refractivity contribution in [3.8, 4) is 0 Å². The Balaban J connectivity index is 0.000000561. The first-order chi connectivity index (χ1) is 5.84. The summed E-state index contributed by atoms with van der Waals surface area (Å²) in [6.45, 7) is 13.4. The van der Waals surface area contributed by atoms with E-state index < -0.39 is 0 Å². The molecule has 1 heterocycles. The summed E-state index contributed by atoms with van der Waals surface area (Å²) in [7, 11) is 0. The molecule has 1 saturated heterocycles. The Labute approximate surface area is 77.3 Å². The molecule has 1 aliphatic rings. The van der Waals surface area contributed by atoms with Crippen molar-refractivity contribution in [3.63, 3.8) is 0 Å². The maximum absolute atomic E-state index is 3.38. The summed E-state index contributed by atoms with van der Waals surface area (Å²) in [5, 5.41) is 3.38. The second-order valence-electron chi connectivity index (χ2n) is 3.09. The molecule has 1 unspecified atom stereocenters. The molecule has 0 aromatic rings. The second-order valence-corrected chi connectivity index (χ2v) is 3.09. The zero-order valence-corrected chi connectivity index (χ0v) is 9.06. The van der Waals surface area contributed by atoms with E-state index in [1.165, 1.54) is 32.6 Å². The highest BCUT2D eigenvalue weighted by atomic mass is 15.2. The van der Waals surface area contributed by atoms with Crippen LogP contribution in [0.4, 0.5) is 0 Å². The van der Waals surface area contributed by atoms with Gasteiger partial charge in [-0.3, -0.25) is 4.90 Å². The van der Waals surface area contributed by atoms with Crippen molar-refractivity contribution in [1.82, 2.24) is 10.2 Å². The van der Waals surface area contributed by atoms with Crippen molar-refractivity contribution in [2.24, 2.45) is 0 Å². The molecule has 0 saturated carbocycles. The van der Waals surface area contributed by atoms with E-state index in [9.17, 15) is 0 Å². The summed E-state index contributed by atoms with van der Waals surface area (Å²) in [6, 6.07) is 0.744. The SMILES string of the molecule is CC.CCCN1CCNCC1C. The monoisotopic (exact) mass is 172 g/mol. The van der Waals surface area contributed by atoms with E-state index in [-0.39, 0.29) is 0 Å². The lowest BCUT2D eigenvalue weighted by molar-refractivity contribution is 0.174. The van der Waals surface area contributed by atoms with Crippen LogP contribution in [0.1, 0.15) is 34.1 Å². The molecule has 1 atom stereocenters. The topological polar surface area (TPSA) is 15.3 Å². The number of nitrogens with one attached hydrogen (secondary N) is 1. The minimum atomic E-state index is 0.744. The highest BCUT2D eigenvalue weighted by Gasteiger charge is 2.15. The molecule has 12 heavy (non-hydrogen) atoms. The fraction of sp³-hybridized carbons (Fsp3) is 1.00. The zero-order chi connectivity index (χ0) is 9.40. The van der Waals surface area contributed by atoms with Gasteiger partial charge in [0.15, 0.2) is 0 Å². The Hall–Kier alpha value is -0.0800. The molecule has 0 radical (unpaired) electrons. The lowest BCUT2D eigenvalue weighted by atomic mass is 10.2. The van der Waals surface area contributed by atoms with Crippen LogP contribution in [-0.4, -0.2) is 37.1 Å². The molecule has 0 amide bonds. The first kappa shape index (κ1) is 11.9. The predicted octanol–water partition coefficient (Wildman–Crippen LogP) is 1.72. The van der Waals surface area contributed by atoms with Gasteiger partial charge in [0.2, 0.25) is 0 Å². The van der Waals surface area contributed by atoms with Crippen LogP contribution in [0.25, 0.3) is 0 Å². The van der Waals surface area contributed by atoms with E-state index in [0.29, 0.717) is 0 Å². The van der Waals surface area contributed by atoms with Gasteiger partial charge in [0.05, 0.1) is 0 Å². The molecule has 0 aliphatic carbocycles. The summed E-state index contributed by atoms with van der Waals surface area (Å²) in [4.78, 5) is 2.55. The molecule has 1 fully saturated rings. The Kier molecular flexibility index (Phi) is 7.51. The van der Waals surface area contributed by atoms with Crippen LogP contribution in [0.2, 0.25) is 0 Å². The molecular weight excluding hydrogens is 148 g/mol. The van der Waals surface area contributed by atoms with Gasteiger partial charge in [-0.2, -0.15) is 0 Å². The Morgan fingerprint density at radius 3 is 2.58 bits per heavy atom. The first-order valence-electron chi connectivity index (χ1n) is 5.29. The Morgan fingerprint density at radius 1 is 1.42 bits per heavy atom. The lowest BCUT2D eigenvalue weighted by Crippen LogP contribution is -2.49. The van der Waals surface area contributed by atoms with Crippen LogP contribution >= 0.6 is 0 Å². The predicted molar refractivity (Wildman–Crippen MR) is 55.5 cm³/mol. The number of piperazine rings is 1. The van der Waals surface area contributed by atoms with Gasteiger partial charge in [0.25, 0.3) is 0 Å². The van der Waals surface area contributed by atoms with E-state index in [0.717, 1.165) is 6.04 Å². The van der Waals surface area contributed by atoms with E-state index in [1.54, 1.807) is 0 Å². The molecule has 0 aromatic carbocycles. The largest absolute Gasteiger partial charge is 0.314 e. The molecule has 0 aromatic heterocycles. The molecule has 1 N–H and O–H groups in total. The van der Waals surface area contributed by atoms with Crippen molar-refractivity contribution in [3.05, 3.63) is 0 Å². The van der Waals surface area contributed by atoms with E-state index in [1.807, 2.05) is 13.8 Å². The molecule has 2 nitrogen and oxygen atoms in total. The van der Waals surface area contributed by atoms with Crippen LogP contribution < -0.4 is 5.32 Å². The average molecular weight is 172 g/mol. The van der Waals surface area contributed by atoms with Crippen molar-refractivity contribution in [2.75, 3.05) is 26.2 Å². The van der Waals surface area contributed by atoms with Gasteiger partial charge in [0, 0.05) is 25.7 Å². The van der Waals surface area contributed by atoms with E-state index >= 15 is 0 Å². The highest BCUT2D eigenvalue weighted by Crippen LogP contribution is 2.01. The highest BCUT2D eigenvalue weighted by molar-refractivity contribution is 4.74. The number of nitrogens with zero attached hydrogens (tertiary/aromatic N) is 1. The minimum Gasteiger partial charge on any atom is -0.314 e. The van der Waals surface area contributed by atoms with Gasteiger partial charge in [-0.15, -0.1) is 0 Å². The van der Waals surface area contributed by atoms with Crippen LogP contribution in [0.5, 0.6) is 0 Å². The Morgan fingerprint density at radius 2 is 2.08 bits per heavy atom. The molecule has 74 valence electrons. The standard InChI is InChI=1S/C8H18N2.C2H6/c1-3-5-10-6-4-9-7-8(10)2;1-2/h8-9H,3-7H2,1-2H3;1-2H3.